The molecule has 19 heavy (non-hydrogen) atoms. The number of nitrogens with two attached hydrogens (primary N) is 1. The van der Waals surface area contributed by atoms with Gasteiger partial charge in [-0.2, -0.15) is 0 Å². The lowest BCUT2D eigenvalue weighted by atomic mass is 9.89. The Morgan fingerprint density at radius 2 is 1.89 bits per heavy atom. The van der Waals surface area contributed by atoms with Crippen LogP contribution < -0.4 is 10.5 Å². The van der Waals surface area contributed by atoms with E-state index in [1.807, 2.05) is 34.6 Å². The van der Waals surface area contributed by atoms with Crippen molar-refractivity contribution in [2.75, 3.05) is 0 Å². The summed E-state index contributed by atoms with van der Waals surface area (Å²) in [6, 6.07) is 4.89. The number of benzene rings is 1. The zero-order valence-corrected chi connectivity index (χ0v) is 13.1. The molecule has 1 atom stereocenters. The Hall–Kier alpha value is -0.910. The van der Waals surface area contributed by atoms with Crippen LogP contribution >= 0.6 is 0 Å². The van der Waals surface area contributed by atoms with Crippen molar-refractivity contribution in [3.05, 3.63) is 29.3 Å². The summed E-state index contributed by atoms with van der Waals surface area (Å²) in [5.74, 6) is 0. The third-order valence-corrected chi connectivity index (χ3v) is 5.01. The highest BCUT2D eigenvalue weighted by Gasteiger charge is 2.26. The molecule has 0 aromatic heterocycles. The van der Waals surface area contributed by atoms with Gasteiger partial charge in [0.25, 0.3) is 0 Å². The van der Waals surface area contributed by atoms with Crippen LogP contribution in [0.15, 0.2) is 23.1 Å². The number of hydrogen-bond donors (Lipinski definition) is 2. The Morgan fingerprint density at radius 1 is 1.32 bits per heavy atom. The Kier molecular flexibility index (Phi) is 4.76. The smallest absolute Gasteiger partial charge is 0.240 e. The van der Waals surface area contributed by atoms with Crippen LogP contribution in [0.2, 0.25) is 0 Å². The molecule has 0 saturated heterocycles. The molecule has 1 aromatic carbocycles. The SMILES string of the molecule is Cc1cc(S(=O)(=O)NC(C)C(C)(C)C)ccc1CN. The zero-order valence-electron chi connectivity index (χ0n) is 12.3. The molecule has 0 spiro atoms. The fourth-order valence-corrected chi connectivity index (χ4v) is 3.08. The maximum Gasteiger partial charge on any atom is 0.240 e. The first-order valence-corrected chi connectivity index (χ1v) is 7.88. The van der Waals surface area contributed by atoms with E-state index in [1.165, 1.54) is 0 Å². The van der Waals surface area contributed by atoms with Crippen LogP contribution in [0, 0.1) is 12.3 Å². The standard InChI is InChI=1S/C14H24N2O2S/c1-10-8-13(7-6-12(10)9-15)19(17,18)16-11(2)14(3,4)5/h6-8,11,16H,9,15H2,1-5H3. The van der Waals surface area contributed by atoms with Gasteiger partial charge in [0.05, 0.1) is 4.90 Å². The van der Waals surface area contributed by atoms with Gasteiger partial charge < -0.3 is 5.73 Å². The van der Waals surface area contributed by atoms with Gasteiger partial charge in [0.2, 0.25) is 10.0 Å². The van der Waals surface area contributed by atoms with E-state index in [4.69, 9.17) is 5.73 Å². The van der Waals surface area contributed by atoms with Crippen LogP contribution in [0.4, 0.5) is 0 Å². The molecule has 0 aliphatic carbocycles. The van der Waals surface area contributed by atoms with Crippen molar-refractivity contribution >= 4 is 10.0 Å². The summed E-state index contributed by atoms with van der Waals surface area (Å²) in [5.41, 5.74) is 7.31. The normalized spacial score (nSPS) is 14.4. The molecule has 0 amide bonds. The Bertz CT molecular complexity index is 545. The minimum absolute atomic E-state index is 0.126. The number of aryl methyl sites for hydroxylation is 1. The third kappa shape index (κ3) is 4.03. The fraction of sp³-hybridized carbons (Fsp3) is 0.571. The number of hydrogen-bond acceptors (Lipinski definition) is 3. The van der Waals surface area contributed by atoms with Gasteiger partial charge in [0.1, 0.15) is 0 Å². The molecule has 0 saturated carbocycles. The molecule has 0 aliphatic rings. The molecule has 5 heteroatoms. The van der Waals surface area contributed by atoms with E-state index < -0.39 is 10.0 Å². The van der Waals surface area contributed by atoms with E-state index in [1.54, 1.807) is 18.2 Å². The van der Waals surface area contributed by atoms with E-state index >= 15 is 0 Å². The van der Waals surface area contributed by atoms with Crippen molar-refractivity contribution in [2.45, 2.75) is 52.1 Å². The summed E-state index contributed by atoms with van der Waals surface area (Å²) < 4.78 is 27.3. The van der Waals surface area contributed by atoms with Gasteiger partial charge in [-0.25, -0.2) is 13.1 Å². The molecule has 108 valence electrons. The summed E-state index contributed by atoms with van der Waals surface area (Å²) in [4.78, 5) is 0.290. The molecular weight excluding hydrogens is 260 g/mol. The summed E-state index contributed by atoms with van der Waals surface area (Å²) in [6.07, 6.45) is 0. The molecule has 0 bridgehead atoms. The Morgan fingerprint density at radius 3 is 2.32 bits per heavy atom. The monoisotopic (exact) mass is 284 g/mol. The van der Waals surface area contributed by atoms with Crippen LogP contribution in [0.1, 0.15) is 38.8 Å². The molecule has 1 rings (SSSR count). The zero-order chi connectivity index (χ0) is 14.8. The van der Waals surface area contributed by atoms with Gasteiger partial charge in [-0.05, 0) is 42.5 Å². The first-order chi connectivity index (χ1) is 8.58. The average molecular weight is 284 g/mol. The van der Waals surface area contributed by atoms with Crippen LogP contribution in [0.25, 0.3) is 0 Å². The predicted molar refractivity (Wildman–Crippen MR) is 78.3 cm³/mol. The maximum atomic E-state index is 12.3. The lowest BCUT2D eigenvalue weighted by Crippen LogP contribution is -2.41. The minimum atomic E-state index is -3.48. The lowest BCUT2D eigenvalue weighted by Gasteiger charge is -2.27. The second kappa shape index (κ2) is 5.61. The van der Waals surface area contributed by atoms with Crippen LogP contribution in [0.3, 0.4) is 0 Å². The quantitative estimate of drug-likeness (QED) is 0.890. The van der Waals surface area contributed by atoms with Gasteiger partial charge in [-0.15, -0.1) is 0 Å². The maximum absolute atomic E-state index is 12.3. The number of rotatable bonds is 4. The number of sulfonamides is 1. The van der Waals surface area contributed by atoms with Gasteiger partial charge in [-0.3, -0.25) is 0 Å². The predicted octanol–water partition coefficient (Wildman–Crippen LogP) is 2.17. The number of nitrogens with one attached hydrogen (secondary N) is 1. The third-order valence-electron chi connectivity index (χ3n) is 3.48. The van der Waals surface area contributed by atoms with E-state index in [0.29, 0.717) is 11.4 Å². The average Bonchev–Trinajstić information content (AvgIpc) is 2.27. The van der Waals surface area contributed by atoms with E-state index in [2.05, 4.69) is 4.72 Å². The first kappa shape index (κ1) is 16.1. The summed E-state index contributed by atoms with van der Waals surface area (Å²) in [6.45, 7) is 10.2. The molecule has 0 aliphatic heterocycles. The Labute approximate surface area is 116 Å². The summed E-state index contributed by atoms with van der Waals surface area (Å²) >= 11 is 0. The highest BCUT2D eigenvalue weighted by atomic mass is 32.2. The minimum Gasteiger partial charge on any atom is -0.326 e. The summed E-state index contributed by atoms with van der Waals surface area (Å²) in [5, 5.41) is 0. The van der Waals surface area contributed by atoms with E-state index in [-0.39, 0.29) is 11.5 Å². The van der Waals surface area contributed by atoms with Crippen LogP contribution in [-0.2, 0) is 16.6 Å². The first-order valence-electron chi connectivity index (χ1n) is 6.40. The van der Waals surface area contributed by atoms with Gasteiger partial charge >= 0.3 is 0 Å². The second-order valence-electron chi connectivity index (χ2n) is 6.00. The highest BCUT2D eigenvalue weighted by molar-refractivity contribution is 7.89. The molecular formula is C14H24N2O2S. The molecule has 1 unspecified atom stereocenters. The Balaban J connectivity index is 3.05. The van der Waals surface area contributed by atoms with Crippen LogP contribution in [-0.4, -0.2) is 14.5 Å². The van der Waals surface area contributed by atoms with Gasteiger partial charge in [0, 0.05) is 12.6 Å². The topological polar surface area (TPSA) is 72.2 Å². The van der Waals surface area contributed by atoms with E-state index in [0.717, 1.165) is 11.1 Å². The van der Waals surface area contributed by atoms with Crippen molar-refractivity contribution in [2.24, 2.45) is 11.1 Å². The van der Waals surface area contributed by atoms with Crippen molar-refractivity contribution in [3.63, 3.8) is 0 Å². The molecule has 3 N–H and O–H groups in total. The summed E-state index contributed by atoms with van der Waals surface area (Å²) in [7, 11) is -3.48. The van der Waals surface area contributed by atoms with Gasteiger partial charge in [-0.1, -0.05) is 26.8 Å². The largest absolute Gasteiger partial charge is 0.326 e. The highest BCUT2D eigenvalue weighted by Crippen LogP contribution is 2.22. The van der Waals surface area contributed by atoms with Crippen molar-refractivity contribution < 1.29 is 8.42 Å². The van der Waals surface area contributed by atoms with Crippen molar-refractivity contribution in [1.29, 1.82) is 0 Å². The van der Waals surface area contributed by atoms with Crippen LogP contribution in [0.5, 0.6) is 0 Å². The molecule has 4 nitrogen and oxygen atoms in total. The molecule has 0 fully saturated rings. The fourth-order valence-electron chi connectivity index (χ4n) is 1.54. The lowest BCUT2D eigenvalue weighted by molar-refractivity contribution is 0.317. The molecule has 0 radical (unpaired) electrons. The van der Waals surface area contributed by atoms with Gasteiger partial charge in [0.15, 0.2) is 0 Å². The second-order valence-corrected chi connectivity index (χ2v) is 7.72. The van der Waals surface area contributed by atoms with Crippen molar-refractivity contribution in [3.8, 4) is 0 Å². The van der Waals surface area contributed by atoms with Crippen molar-refractivity contribution in [1.82, 2.24) is 4.72 Å². The van der Waals surface area contributed by atoms with E-state index in [9.17, 15) is 8.42 Å². The molecule has 0 heterocycles. The molecule has 1 aromatic rings.